The Morgan fingerprint density at radius 2 is 1.72 bits per heavy atom. The number of benzene rings is 1. The van der Waals surface area contributed by atoms with Crippen LogP contribution < -0.4 is 19.9 Å². The van der Waals surface area contributed by atoms with Gasteiger partial charge in [-0.1, -0.05) is 0 Å². The third kappa shape index (κ3) is 2.96. The smallest absolute Gasteiger partial charge is 0.325 e. The van der Waals surface area contributed by atoms with Crippen LogP contribution in [-0.4, -0.2) is 32.4 Å². The van der Waals surface area contributed by atoms with Crippen LogP contribution in [0.2, 0.25) is 0 Å². The summed E-state index contributed by atoms with van der Waals surface area (Å²) >= 11 is 0. The lowest BCUT2D eigenvalue weighted by molar-refractivity contribution is -0.138. The van der Waals surface area contributed by atoms with Crippen molar-refractivity contribution in [1.29, 1.82) is 0 Å². The number of ether oxygens (including phenoxy) is 3. The highest BCUT2D eigenvalue weighted by Crippen LogP contribution is 2.41. The molecular formula is C11H16ClNO5. The molecule has 3 N–H and O–H groups in total. The Morgan fingerprint density at radius 1 is 1.17 bits per heavy atom. The van der Waals surface area contributed by atoms with Gasteiger partial charge in [0.15, 0.2) is 11.5 Å². The fraction of sp³-hybridized carbons (Fsp3) is 0.364. The van der Waals surface area contributed by atoms with Crippen LogP contribution in [-0.2, 0) is 4.79 Å². The molecule has 6 nitrogen and oxygen atoms in total. The predicted molar refractivity (Wildman–Crippen MR) is 67.9 cm³/mol. The van der Waals surface area contributed by atoms with Gasteiger partial charge in [-0.3, -0.25) is 4.79 Å². The second-order valence-corrected chi connectivity index (χ2v) is 3.24. The van der Waals surface area contributed by atoms with E-state index in [1.165, 1.54) is 21.3 Å². The number of hydrogen-bond donors (Lipinski definition) is 2. The number of nitrogens with two attached hydrogens (primary N) is 1. The second kappa shape index (κ2) is 6.93. The Labute approximate surface area is 111 Å². The number of hydrogen-bond acceptors (Lipinski definition) is 5. The maximum absolute atomic E-state index is 10.9. The molecule has 1 atom stereocenters. The molecule has 0 amide bonds. The summed E-state index contributed by atoms with van der Waals surface area (Å²) in [4.78, 5) is 10.9. The zero-order chi connectivity index (χ0) is 13.0. The summed E-state index contributed by atoms with van der Waals surface area (Å²) in [5, 5.41) is 8.89. The summed E-state index contributed by atoms with van der Waals surface area (Å²) in [6, 6.07) is 1.95. The lowest BCUT2D eigenvalue weighted by Crippen LogP contribution is -2.21. The van der Waals surface area contributed by atoms with Crippen LogP contribution in [0.3, 0.4) is 0 Å². The average molecular weight is 278 g/mol. The van der Waals surface area contributed by atoms with E-state index in [9.17, 15) is 4.79 Å². The SMILES string of the molecule is COc1ccc(C(N)C(=O)O)c(OC)c1OC.Cl. The first-order valence-electron chi connectivity index (χ1n) is 4.84. The Balaban J connectivity index is 0.00000289. The van der Waals surface area contributed by atoms with E-state index < -0.39 is 12.0 Å². The van der Waals surface area contributed by atoms with Crippen LogP contribution >= 0.6 is 12.4 Å². The first-order chi connectivity index (χ1) is 8.06. The van der Waals surface area contributed by atoms with Gasteiger partial charge < -0.3 is 25.1 Å². The van der Waals surface area contributed by atoms with Gasteiger partial charge >= 0.3 is 5.97 Å². The van der Waals surface area contributed by atoms with Gasteiger partial charge in [0.1, 0.15) is 6.04 Å². The van der Waals surface area contributed by atoms with Crippen LogP contribution in [0, 0.1) is 0 Å². The Morgan fingerprint density at radius 3 is 2.11 bits per heavy atom. The number of halogens is 1. The van der Waals surface area contributed by atoms with E-state index in [0.717, 1.165) is 0 Å². The number of carbonyl (C=O) groups is 1. The molecule has 0 spiro atoms. The quantitative estimate of drug-likeness (QED) is 0.841. The lowest BCUT2D eigenvalue weighted by Gasteiger charge is -2.17. The van der Waals surface area contributed by atoms with E-state index in [2.05, 4.69) is 0 Å². The summed E-state index contributed by atoms with van der Waals surface area (Å²) in [6.45, 7) is 0. The Hall–Kier alpha value is -1.66. The zero-order valence-electron chi connectivity index (χ0n) is 10.3. The van der Waals surface area contributed by atoms with Crippen molar-refractivity contribution >= 4 is 18.4 Å². The molecule has 0 aromatic heterocycles. The third-order valence-electron chi connectivity index (χ3n) is 2.34. The molecule has 18 heavy (non-hydrogen) atoms. The van der Waals surface area contributed by atoms with Crippen molar-refractivity contribution in [2.75, 3.05) is 21.3 Å². The van der Waals surface area contributed by atoms with E-state index in [1.54, 1.807) is 12.1 Å². The minimum absolute atomic E-state index is 0. The van der Waals surface area contributed by atoms with E-state index in [-0.39, 0.29) is 18.2 Å². The summed E-state index contributed by atoms with van der Waals surface area (Å²) in [7, 11) is 4.33. The first-order valence-corrected chi connectivity index (χ1v) is 4.84. The molecule has 0 aliphatic carbocycles. The summed E-state index contributed by atoms with van der Waals surface area (Å²) < 4.78 is 15.3. The van der Waals surface area contributed by atoms with E-state index in [1.807, 2.05) is 0 Å². The highest BCUT2D eigenvalue weighted by molar-refractivity contribution is 5.85. The Kier molecular flexibility index (Phi) is 6.29. The maximum atomic E-state index is 10.9. The van der Waals surface area contributed by atoms with Gasteiger partial charge in [-0.25, -0.2) is 0 Å². The molecule has 0 heterocycles. The summed E-state index contributed by atoms with van der Waals surface area (Å²) in [6.07, 6.45) is 0. The number of methoxy groups -OCH3 is 3. The van der Waals surface area contributed by atoms with Gasteiger partial charge in [-0.05, 0) is 12.1 Å². The molecule has 0 bridgehead atoms. The minimum Gasteiger partial charge on any atom is -0.493 e. The Bertz CT molecular complexity index is 424. The van der Waals surface area contributed by atoms with E-state index in [0.29, 0.717) is 17.1 Å². The highest BCUT2D eigenvalue weighted by atomic mass is 35.5. The van der Waals surface area contributed by atoms with Gasteiger partial charge in [0, 0.05) is 5.56 Å². The molecule has 0 saturated heterocycles. The molecule has 1 unspecified atom stereocenters. The van der Waals surface area contributed by atoms with Crippen LogP contribution in [0.5, 0.6) is 17.2 Å². The predicted octanol–water partition coefficient (Wildman–Crippen LogP) is 1.22. The van der Waals surface area contributed by atoms with Crippen molar-refractivity contribution in [3.8, 4) is 17.2 Å². The van der Waals surface area contributed by atoms with Gasteiger partial charge in [0.25, 0.3) is 0 Å². The zero-order valence-corrected chi connectivity index (χ0v) is 11.1. The molecule has 0 fully saturated rings. The van der Waals surface area contributed by atoms with Crippen LogP contribution in [0.1, 0.15) is 11.6 Å². The van der Waals surface area contributed by atoms with Crippen molar-refractivity contribution in [2.45, 2.75) is 6.04 Å². The molecule has 1 aromatic rings. The molecule has 7 heteroatoms. The average Bonchev–Trinajstić information content (AvgIpc) is 2.35. The molecule has 0 saturated carbocycles. The van der Waals surface area contributed by atoms with Crippen molar-refractivity contribution in [3.05, 3.63) is 17.7 Å². The van der Waals surface area contributed by atoms with Crippen LogP contribution in [0.15, 0.2) is 12.1 Å². The third-order valence-corrected chi connectivity index (χ3v) is 2.34. The number of carboxylic acid groups (broad SMARTS) is 1. The van der Waals surface area contributed by atoms with Crippen LogP contribution in [0.25, 0.3) is 0 Å². The van der Waals surface area contributed by atoms with Gasteiger partial charge in [0.05, 0.1) is 21.3 Å². The van der Waals surface area contributed by atoms with E-state index >= 15 is 0 Å². The molecule has 1 rings (SSSR count). The monoisotopic (exact) mass is 277 g/mol. The molecule has 102 valence electrons. The number of aliphatic carboxylic acids is 1. The summed E-state index contributed by atoms with van der Waals surface area (Å²) in [5.41, 5.74) is 5.88. The molecule has 0 aliphatic rings. The van der Waals surface area contributed by atoms with Crippen LogP contribution in [0.4, 0.5) is 0 Å². The van der Waals surface area contributed by atoms with Crippen molar-refractivity contribution < 1.29 is 24.1 Å². The van der Waals surface area contributed by atoms with Crippen molar-refractivity contribution in [2.24, 2.45) is 5.73 Å². The number of rotatable bonds is 5. The fourth-order valence-corrected chi connectivity index (χ4v) is 1.50. The number of carboxylic acids is 1. The second-order valence-electron chi connectivity index (χ2n) is 3.24. The molecule has 0 aliphatic heterocycles. The van der Waals surface area contributed by atoms with Gasteiger partial charge in [-0.2, -0.15) is 0 Å². The molecular weight excluding hydrogens is 262 g/mol. The molecule has 0 radical (unpaired) electrons. The van der Waals surface area contributed by atoms with E-state index in [4.69, 9.17) is 25.1 Å². The fourth-order valence-electron chi connectivity index (χ4n) is 1.50. The summed E-state index contributed by atoms with van der Waals surface area (Å²) in [5.74, 6) is -0.104. The standard InChI is InChI=1S/C11H15NO5.ClH/c1-15-7-5-4-6(8(12)11(13)14)9(16-2)10(7)17-3;/h4-5,8H,12H2,1-3H3,(H,13,14);1H. The largest absolute Gasteiger partial charge is 0.493 e. The highest BCUT2D eigenvalue weighted by Gasteiger charge is 2.23. The topological polar surface area (TPSA) is 91.0 Å². The van der Waals surface area contributed by atoms with Gasteiger partial charge in [-0.15, -0.1) is 12.4 Å². The first kappa shape index (κ1) is 16.3. The lowest BCUT2D eigenvalue weighted by atomic mass is 10.1. The maximum Gasteiger partial charge on any atom is 0.325 e. The van der Waals surface area contributed by atoms with Gasteiger partial charge in [0.2, 0.25) is 5.75 Å². The van der Waals surface area contributed by atoms with Crippen molar-refractivity contribution in [1.82, 2.24) is 0 Å². The molecule has 1 aromatic carbocycles. The normalized spacial score (nSPS) is 11.1. The van der Waals surface area contributed by atoms with Crippen molar-refractivity contribution in [3.63, 3.8) is 0 Å². The minimum atomic E-state index is -1.18.